The molecule has 2 aliphatic rings. The lowest BCUT2D eigenvalue weighted by Crippen LogP contribution is -2.45. The number of nitrogens with zero attached hydrogens (tertiary/aromatic N) is 4. The van der Waals surface area contributed by atoms with E-state index in [1.165, 1.54) is 38.6 Å². The van der Waals surface area contributed by atoms with Crippen LogP contribution in [0.15, 0.2) is 9.52 Å². The largest absolute Gasteiger partial charge is 0.352 e. The summed E-state index contributed by atoms with van der Waals surface area (Å²) >= 11 is 0. The van der Waals surface area contributed by atoms with Crippen LogP contribution in [0.2, 0.25) is 0 Å². The minimum Gasteiger partial charge on any atom is -0.352 e. The summed E-state index contributed by atoms with van der Waals surface area (Å²) in [6, 6.07) is 1.28. The second kappa shape index (κ2) is 7.09. The van der Waals surface area contributed by atoms with E-state index in [1.807, 2.05) is 6.92 Å². The summed E-state index contributed by atoms with van der Waals surface area (Å²) < 4.78 is 5.10. The van der Waals surface area contributed by atoms with Crippen LogP contribution in [0.4, 0.5) is 0 Å². The molecule has 3 rings (SSSR count). The van der Waals surface area contributed by atoms with E-state index in [0.717, 1.165) is 18.5 Å². The minimum absolute atomic E-state index is 0.469. The van der Waals surface area contributed by atoms with E-state index < -0.39 is 0 Å². The Balaban J connectivity index is 1.44. The zero-order chi connectivity index (χ0) is 15.4. The summed E-state index contributed by atoms with van der Waals surface area (Å²) in [7, 11) is 1.79. The molecule has 7 heteroatoms. The van der Waals surface area contributed by atoms with E-state index in [1.54, 1.807) is 7.05 Å². The first-order valence-corrected chi connectivity index (χ1v) is 8.25. The third-order valence-corrected chi connectivity index (χ3v) is 4.60. The van der Waals surface area contributed by atoms with Gasteiger partial charge in [0.25, 0.3) is 0 Å². The first-order chi connectivity index (χ1) is 10.7. The molecule has 0 spiro atoms. The highest BCUT2D eigenvalue weighted by Gasteiger charge is 2.30. The monoisotopic (exact) mass is 306 g/mol. The maximum absolute atomic E-state index is 5.10. The average Bonchev–Trinajstić information content (AvgIpc) is 3.24. The lowest BCUT2D eigenvalue weighted by atomic mass is 10.2. The molecule has 0 radical (unpaired) electrons. The van der Waals surface area contributed by atoms with Gasteiger partial charge < -0.3 is 15.2 Å². The maximum Gasteiger partial charge on any atom is 0.246 e. The van der Waals surface area contributed by atoms with E-state index in [9.17, 15) is 0 Å². The summed E-state index contributed by atoms with van der Waals surface area (Å²) in [4.78, 5) is 11.1. The van der Waals surface area contributed by atoms with Crippen molar-refractivity contribution >= 4 is 5.96 Å². The molecule has 1 aliphatic heterocycles. The van der Waals surface area contributed by atoms with Crippen LogP contribution in [0, 0.1) is 6.92 Å². The summed E-state index contributed by atoms with van der Waals surface area (Å²) in [6.07, 6.45) is 6.71. The van der Waals surface area contributed by atoms with Crippen LogP contribution in [0.1, 0.15) is 43.8 Å². The van der Waals surface area contributed by atoms with Gasteiger partial charge in [-0.15, -0.1) is 0 Å². The highest BCUT2D eigenvalue weighted by molar-refractivity contribution is 5.79. The topological polar surface area (TPSA) is 78.6 Å². The Hall–Kier alpha value is -1.63. The Morgan fingerprint density at radius 3 is 2.86 bits per heavy atom. The molecule has 122 valence electrons. The van der Waals surface area contributed by atoms with Gasteiger partial charge in [-0.25, -0.2) is 0 Å². The molecule has 1 saturated carbocycles. The third kappa shape index (κ3) is 3.76. The van der Waals surface area contributed by atoms with Crippen molar-refractivity contribution in [2.24, 2.45) is 4.99 Å². The molecule has 1 atom stereocenters. The molecule has 0 aromatic carbocycles. The Morgan fingerprint density at radius 1 is 1.36 bits per heavy atom. The van der Waals surface area contributed by atoms with Crippen LogP contribution < -0.4 is 10.6 Å². The second-order valence-corrected chi connectivity index (χ2v) is 6.22. The average molecular weight is 306 g/mol. The minimum atomic E-state index is 0.469. The highest BCUT2D eigenvalue weighted by Crippen LogP contribution is 2.26. The lowest BCUT2D eigenvalue weighted by molar-refractivity contribution is 0.242. The SMILES string of the molecule is CN=C(NCc1nc(C)no1)NC1CCN(C2CCCC2)C1. The van der Waals surface area contributed by atoms with Crippen molar-refractivity contribution in [3.05, 3.63) is 11.7 Å². The predicted octanol–water partition coefficient (Wildman–Crippen LogP) is 1.06. The van der Waals surface area contributed by atoms with Crippen LogP contribution in [-0.4, -0.2) is 53.2 Å². The Kier molecular flexibility index (Phi) is 4.92. The number of rotatable bonds is 4. The van der Waals surface area contributed by atoms with E-state index >= 15 is 0 Å². The molecule has 1 unspecified atom stereocenters. The molecule has 1 saturated heterocycles. The number of likely N-dealkylation sites (tertiary alicyclic amines) is 1. The maximum atomic E-state index is 5.10. The van der Waals surface area contributed by atoms with Crippen LogP contribution in [0.25, 0.3) is 0 Å². The third-order valence-electron chi connectivity index (χ3n) is 4.60. The van der Waals surface area contributed by atoms with Gasteiger partial charge in [0.2, 0.25) is 5.89 Å². The lowest BCUT2D eigenvalue weighted by Gasteiger charge is -2.24. The van der Waals surface area contributed by atoms with Crippen LogP contribution in [-0.2, 0) is 6.54 Å². The van der Waals surface area contributed by atoms with E-state index in [2.05, 4.69) is 30.7 Å². The number of aryl methyl sites for hydroxylation is 1. The molecule has 22 heavy (non-hydrogen) atoms. The fourth-order valence-corrected chi connectivity index (χ4v) is 3.47. The standard InChI is InChI=1S/C15H26N6O/c1-11-18-14(22-20-11)9-17-15(16-2)19-12-7-8-21(10-12)13-5-3-4-6-13/h12-13H,3-10H2,1-2H3,(H2,16,17,19). The first-order valence-electron chi connectivity index (χ1n) is 8.25. The summed E-state index contributed by atoms with van der Waals surface area (Å²) in [5.41, 5.74) is 0. The molecule has 2 N–H and O–H groups in total. The van der Waals surface area contributed by atoms with E-state index in [4.69, 9.17) is 4.52 Å². The molecular weight excluding hydrogens is 280 g/mol. The number of aliphatic imine (C=N–C) groups is 1. The Bertz CT molecular complexity index is 508. The van der Waals surface area contributed by atoms with E-state index in [0.29, 0.717) is 24.3 Å². The van der Waals surface area contributed by atoms with Gasteiger partial charge >= 0.3 is 0 Å². The predicted molar refractivity (Wildman–Crippen MR) is 84.6 cm³/mol. The summed E-state index contributed by atoms with van der Waals surface area (Å²) in [5.74, 6) is 2.04. The molecule has 1 aromatic heterocycles. The van der Waals surface area contributed by atoms with Crippen molar-refractivity contribution in [3.8, 4) is 0 Å². The van der Waals surface area contributed by atoms with Crippen molar-refractivity contribution in [1.82, 2.24) is 25.7 Å². The fraction of sp³-hybridized carbons (Fsp3) is 0.800. The smallest absolute Gasteiger partial charge is 0.246 e. The van der Waals surface area contributed by atoms with Gasteiger partial charge in [-0.2, -0.15) is 4.98 Å². The van der Waals surface area contributed by atoms with Gasteiger partial charge in [0, 0.05) is 32.2 Å². The fourth-order valence-electron chi connectivity index (χ4n) is 3.47. The zero-order valence-electron chi connectivity index (χ0n) is 13.5. The molecule has 0 amide bonds. The summed E-state index contributed by atoms with van der Waals surface area (Å²) in [5, 5.41) is 10.5. The Morgan fingerprint density at radius 2 is 2.18 bits per heavy atom. The van der Waals surface area contributed by atoms with Gasteiger partial charge in [0.1, 0.15) is 0 Å². The quantitative estimate of drug-likeness (QED) is 0.640. The van der Waals surface area contributed by atoms with Gasteiger partial charge in [0.15, 0.2) is 11.8 Å². The van der Waals surface area contributed by atoms with Crippen LogP contribution >= 0.6 is 0 Å². The Labute approximate surface area is 131 Å². The normalized spacial score (nSPS) is 24.1. The number of nitrogens with one attached hydrogen (secondary N) is 2. The molecule has 0 bridgehead atoms. The molecule has 2 heterocycles. The van der Waals surface area contributed by atoms with Gasteiger partial charge in [-0.05, 0) is 26.2 Å². The number of aromatic nitrogens is 2. The number of hydrogen-bond acceptors (Lipinski definition) is 5. The van der Waals surface area contributed by atoms with Crippen molar-refractivity contribution in [2.75, 3.05) is 20.1 Å². The highest BCUT2D eigenvalue weighted by atomic mass is 16.5. The second-order valence-electron chi connectivity index (χ2n) is 6.22. The molecular formula is C15H26N6O. The number of guanidine groups is 1. The number of hydrogen-bond donors (Lipinski definition) is 2. The first kappa shape index (κ1) is 15.3. The van der Waals surface area contributed by atoms with Gasteiger partial charge in [0.05, 0.1) is 6.54 Å². The van der Waals surface area contributed by atoms with Gasteiger partial charge in [-0.3, -0.25) is 9.89 Å². The zero-order valence-corrected chi connectivity index (χ0v) is 13.5. The molecule has 2 fully saturated rings. The van der Waals surface area contributed by atoms with Crippen molar-refractivity contribution in [1.29, 1.82) is 0 Å². The van der Waals surface area contributed by atoms with Crippen molar-refractivity contribution < 1.29 is 4.52 Å². The van der Waals surface area contributed by atoms with Crippen LogP contribution in [0.5, 0.6) is 0 Å². The van der Waals surface area contributed by atoms with Crippen LogP contribution in [0.3, 0.4) is 0 Å². The van der Waals surface area contributed by atoms with E-state index in [-0.39, 0.29) is 0 Å². The van der Waals surface area contributed by atoms with Gasteiger partial charge in [-0.1, -0.05) is 18.0 Å². The molecule has 1 aliphatic carbocycles. The van der Waals surface area contributed by atoms with Crippen molar-refractivity contribution in [3.63, 3.8) is 0 Å². The summed E-state index contributed by atoms with van der Waals surface area (Å²) in [6.45, 7) is 4.63. The van der Waals surface area contributed by atoms with Crippen molar-refractivity contribution in [2.45, 2.75) is 57.7 Å². The molecule has 1 aromatic rings. The molecule has 7 nitrogen and oxygen atoms in total.